The molecule has 0 bridgehead atoms. The Bertz CT molecular complexity index is 1600. The Morgan fingerprint density at radius 3 is 2.41 bits per heavy atom. The molecular weight excluding hydrogens is 519 g/mol. The Hall–Kier alpha value is -2.95. The Kier molecular flexibility index (Phi) is 5.63. The van der Waals surface area contributed by atoms with Gasteiger partial charge in [0.25, 0.3) is 0 Å². The van der Waals surface area contributed by atoms with E-state index < -0.39 is 46.9 Å². The van der Waals surface area contributed by atoms with Crippen molar-refractivity contribution < 1.29 is 32.2 Å². The van der Waals surface area contributed by atoms with Crippen LogP contribution in [0.3, 0.4) is 0 Å². The molecule has 0 aromatic heterocycles. The summed E-state index contributed by atoms with van der Waals surface area (Å²) < 4.78 is 61.9. The predicted octanol–water partition coefficient (Wildman–Crippen LogP) is 5.23. The number of aromatic carboxylic acids is 1. The second-order valence-corrected chi connectivity index (χ2v) is 14.2. The molecule has 0 radical (unpaired) electrons. The van der Waals surface area contributed by atoms with Crippen LogP contribution < -0.4 is 10.2 Å². The van der Waals surface area contributed by atoms with E-state index in [1.807, 2.05) is 12.1 Å². The molecule has 0 saturated carbocycles. The number of allylic oxidation sites excluding steroid dienone is 5. The summed E-state index contributed by atoms with van der Waals surface area (Å²) in [4.78, 5) is 14.3. The number of carboxylic acids is 1. The molecule has 2 aromatic carbocycles. The van der Waals surface area contributed by atoms with Gasteiger partial charge in [-0.1, -0.05) is 15.0 Å². The fourth-order valence-corrected chi connectivity index (χ4v) is 8.59. The summed E-state index contributed by atoms with van der Waals surface area (Å²) in [6, 6.07) is 5.29. The largest absolute Gasteiger partial charge is 0.478 e. The Labute approximate surface area is 214 Å². The average Bonchev–Trinajstić information content (AvgIpc) is 2.79. The molecule has 4 aliphatic rings. The maximum absolute atomic E-state index is 15.8. The van der Waals surface area contributed by atoms with Crippen LogP contribution in [-0.2, 0) is 4.57 Å². The number of benzene rings is 2. The second kappa shape index (κ2) is 8.54. The van der Waals surface area contributed by atoms with Gasteiger partial charge in [-0.3, -0.25) is 0 Å². The van der Waals surface area contributed by atoms with Gasteiger partial charge in [-0.15, -0.1) is 0 Å². The number of halogens is 3. The van der Waals surface area contributed by atoms with E-state index in [0.717, 1.165) is 57.3 Å². The molecule has 1 N–H and O–H groups in total. The van der Waals surface area contributed by atoms with Crippen molar-refractivity contribution >= 4 is 44.0 Å². The van der Waals surface area contributed by atoms with Gasteiger partial charge in [0.15, 0.2) is 18.5 Å². The van der Waals surface area contributed by atoms with Crippen LogP contribution in [0.1, 0.15) is 39.9 Å². The van der Waals surface area contributed by atoms with E-state index in [4.69, 9.17) is 0 Å². The number of nitrogens with zero attached hydrogens (tertiary/aromatic N) is 2. The van der Waals surface area contributed by atoms with Crippen molar-refractivity contribution in [2.24, 2.45) is 0 Å². The summed E-state index contributed by atoms with van der Waals surface area (Å²) in [6.45, 7) is 1.18. The summed E-state index contributed by atoms with van der Waals surface area (Å²) in [5.74, 6) is -6.09. The van der Waals surface area contributed by atoms with Crippen LogP contribution >= 0.6 is 15.8 Å². The third-order valence-corrected chi connectivity index (χ3v) is 11.5. The fourth-order valence-electron chi connectivity index (χ4n) is 5.31. The van der Waals surface area contributed by atoms with Crippen molar-refractivity contribution in [3.63, 3.8) is 0 Å². The lowest BCUT2D eigenvalue weighted by atomic mass is 9.85. The zero-order valence-electron chi connectivity index (χ0n) is 20.0. The molecule has 2 aromatic rings. The summed E-state index contributed by atoms with van der Waals surface area (Å²) >= 11 is 0. The lowest BCUT2D eigenvalue weighted by Crippen LogP contribution is -2.37. The minimum absolute atomic E-state index is 0.0983. The number of anilines is 1. The third kappa shape index (κ3) is 3.53. The molecule has 0 amide bonds. The average molecular weight is 543 g/mol. The standard InChI is InChI=1S/C27H23F3N2O3P2/c1-14-24(28)22(23(27(33)34)26(30)25(14)29)21-17-6-4-15(31-8-2-9-31)12-19(17)37(35,36)20-13-16(5-7-18(20)21)32-10-3-11-32/h4-7,12-13H,2-3,8-11,36H2,1H3/p+1. The SMILES string of the molecule is Cc1c(F)c(F)c(C(=O)O)c(C2=C3C=CC(=[N+]4CCC4)C=C3P(=O)(P)c3cc(N4CCC4)ccc32)c1F. The quantitative estimate of drug-likeness (QED) is 0.328. The predicted molar refractivity (Wildman–Crippen MR) is 141 cm³/mol. The van der Waals surface area contributed by atoms with Crippen molar-refractivity contribution in [2.45, 2.75) is 19.8 Å². The topological polar surface area (TPSA) is 60.6 Å². The van der Waals surface area contributed by atoms with Gasteiger partial charge >= 0.3 is 5.97 Å². The molecule has 3 aliphatic heterocycles. The fraction of sp³-hybridized carbons (Fsp3) is 0.259. The molecule has 190 valence electrons. The molecule has 2 atom stereocenters. The smallest absolute Gasteiger partial charge is 0.339 e. The highest BCUT2D eigenvalue weighted by atomic mass is 32.0. The Balaban J connectivity index is 1.73. The highest BCUT2D eigenvalue weighted by Crippen LogP contribution is 2.68. The molecule has 37 heavy (non-hydrogen) atoms. The van der Waals surface area contributed by atoms with Crippen molar-refractivity contribution in [3.8, 4) is 0 Å². The highest BCUT2D eigenvalue weighted by Gasteiger charge is 2.42. The van der Waals surface area contributed by atoms with Gasteiger partial charge in [0.1, 0.15) is 24.5 Å². The summed E-state index contributed by atoms with van der Waals surface area (Å²) in [7, 11) is 2.48. The summed E-state index contributed by atoms with van der Waals surface area (Å²) in [5.41, 5.74) is 0.279. The van der Waals surface area contributed by atoms with E-state index in [0.29, 0.717) is 21.8 Å². The molecule has 10 heteroatoms. The zero-order valence-corrected chi connectivity index (χ0v) is 22.1. The van der Waals surface area contributed by atoms with E-state index in [9.17, 15) is 18.9 Å². The third-order valence-electron chi connectivity index (χ3n) is 7.66. The Morgan fingerprint density at radius 2 is 1.81 bits per heavy atom. The van der Waals surface area contributed by atoms with Gasteiger partial charge < -0.3 is 14.6 Å². The lowest BCUT2D eigenvalue weighted by molar-refractivity contribution is -0.582. The molecule has 5 nitrogen and oxygen atoms in total. The molecule has 2 saturated heterocycles. The van der Waals surface area contributed by atoms with Crippen molar-refractivity contribution in [1.29, 1.82) is 0 Å². The minimum Gasteiger partial charge on any atom is -0.478 e. The van der Waals surface area contributed by atoms with Gasteiger partial charge in [0.05, 0.1) is 6.42 Å². The number of carboxylic acid groups (broad SMARTS) is 1. The summed E-state index contributed by atoms with van der Waals surface area (Å²) in [5, 5.41) is 10.7. The molecule has 1 aliphatic carbocycles. The van der Waals surface area contributed by atoms with Gasteiger partial charge in [0, 0.05) is 58.2 Å². The van der Waals surface area contributed by atoms with E-state index in [1.54, 1.807) is 24.3 Å². The van der Waals surface area contributed by atoms with Crippen molar-refractivity contribution in [3.05, 3.63) is 87.0 Å². The van der Waals surface area contributed by atoms with Crippen LogP contribution in [0.15, 0.2) is 47.3 Å². The van der Waals surface area contributed by atoms with Gasteiger partial charge in [-0.25, -0.2) is 22.5 Å². The van der Waals surface area contributed by atoms with Gasteiger partial charge in [-0.2, -0.15) is 0 Å². The highest BCUT2D eigenvalue weighted by molar-refractivity contribution is 8.24. The molecular formula is C27H24F3N2O3P2+. The lowest BCUT2D eigenvalue weighted by Gasteiger charge is -2.36. The maximum atomic E-state index is 15.8. The van der Waals surface area contributed by atoms with Gasteiger partial charge in [-0.05, 0) is 42.7 Å². The van der Waals surface area contributed by atoms with Crippen LogP contribution in [0.5, 0.6) is 0 Å². The molecule has 2 fully saturated rings. The van der Waals surface area contributed by atoms with Gasteiger partial charge in [0.2, 0.25) is 5.71 Å². The van der Waals surface area contributed by atoms with E-state index >= 15 is 8.78 Å². The summed E-state index contributed by atoms with van der Waals surface area (Å²) in [6.07, 6.45) is 7.37. The first kappa shape index (κ1) is 24.4. The Morgan fingerprint density at radius 1 is 1.08 bits per heavy atom. The maximum Gasteiger partial charge on any atom is 0.339 e. The van der Waals surface area contributed by atoms with Crippen LogP contribution in [0.2, 0.25) is 0 Å². The number of rotatable bonds is 3. The van der Waals surface area contributed by atoms with E-state index in [1.165, 1.54) is 0 Å². The van der Waals surface area contributed by atoms with E-state index in [-0.39, 0.29) is 5.57 Å². The number of carbonyl (C=O) groups is 1. The molecule has 0 spiro atoms. The van der Waals surface area contributed by atoms with Crippen LogP contribution in [0.4, 0.5) is 18.9 Å². The van der Waals surface area contributed by atoms with Crippen molar-refractivity contribution in [1.82, 2.24) is 0 Å². The first-order valence-corrected chi connectivity index (χ1v) is 15.4. The number of hydrogen-bond donors (Lipinski definition) is 1. The van der Waals surface area contributed by atoms with E-state index in [2.05, 4.69) is 18.4 Å². The van der Waals surface area contributed by atoms with Crippen LogP contribution in [-0.4, -0.2) is 47.5 Å². The number of fused-ring (bicyclic) bond motifs is 2. The second-order valence-electron chi connectivity index (χ2n) is 9.74. The van der Waals surface area contributed by atoms with Crippen molar-refractivity contribution in [2.75, 3.05) is 31.1 Å². The monoisotopic (exact) mass is 543 g/mol. The molecule has 6 rings (SSSR count). The first-order valence-electron chi connectivity index (χ1n) is 12.1. The first-order chi connectivity index (χ1) is 17.6. The molecule has 3 heterocycles. The number of hydrogen-bond acceptors (Lipinski definition) is 3. The minimum atomic E-state index is -3.31. The zero-order chi connectivity index (χ0) is 26.2. The normalized spacial score (nSPS) is 22.3. The van der Waals surface area contributed by atoms with Crippen LogP contribution in [0, 0.1) is 24.4 Å². The van der Waals surface area contributed by atoms with Crippen LogP contribution in [0.25, 0.3) is 5.57 Å². The molecule has 2 unspecified atom stereocenters.